The number of amides is 1. The first-order chi connectivity index (χ1) is 12.0. The van der Waals surface area contributed by atoms with Gasteiger partial charge in [-0.2, -0.15) is 0 Å². The van der Waals surface area contributed by atoms with Gasteiger partial charge in [0, 0.05) is 29.2 Å². The van der Waals surface area contributed by atoms with Crippen molar-refractivity contribution in [3.8, 4) is 0 Å². The molecule has 3 aromatic rings. The quantitative estimate of drug-likeness (QED) is 0.643. The third-order valence-electron chi connectivity index (χ3n) is 4.28. The van der Waals surface area contributed by atoms with E-state index in [0.29, 0.717) is 24.1 Å². The van der Waals surface area contributed by atoms with E-state index in [1.165, 1.54) is 11.8 Å². The topological polar surface area (TPSA) is 95.3 Å². The summed E-state index contributed by atoms with van der Waals surface area (Å²) in [5.41, 5.74) is 4.38. The van der Waals surface area contributed by atoms with Crippen molar-refractivity contribution >= 4 is 22.8 Å². The zero-order valence-corrected chi connectivity index (χ0v) is 14.2. The molecule has 3 rings (SSSR count). The SMILES string of the molecule is Cc1coc(CC(=O)O)c1C(=O)NCCc1c[nH]c2c(C)cccc12. The molecule has 0 aliphatic rings. The number of H-pyrrole nitrogens is 1. The lowest BCUT2D eigenvalue weighted by Gasteiger charge is -2.06. The third-order valence-corrected chi connectivity index (χ3v) is 4.28. The maximum absolute atomic E-state index is 12.4. The van der Waals surface area contributed by atoms with Gasteiger partial charge in [0.05, 0.1) is 11.8 Å². The van der Waals surface area contributed by atoms with Crippen LogP contribution in [-0.4, -0.2) is 28.5 Å². The minimum Gasteiger partial charge on any atom is -0.481 e. The van der Waals surface area contributed by atoms with Gasteiger partial charge in [-0.3, -0.25) is 9.59 Å². The maximum atomic E-state index is 12.4. The summed E-state index contributed by atoms with van der Waals surface area (Å²) in [6.45, 7) is 4.24. The molecule has 0 radical (unpaired) electrons. The van der Waals surface area contributed by atoms with E-state index in [4.69, 9.17) is 9.52 Å². The number of nitrogens with one attached hydrogen (secondary N) is 2. The summed E-state index contributed by atoms with van der Waals surface area (Å²) in [6.07, 6.45) is 3.75. The summed E-state index contributed by atoms with van der Waals surface area (Å²) < 4.78 is 5.20. The van der Waals surface area contributed by atoms with Gasteiger partial charge >= 0.3 is 5.97 Å². The van der Waals surface area contributed by atoms with Crippen molar-refractivity contribution in [1.82, 2.24) is 10.3 Å². The van der Waals surface area contributed by atoms with Crippen LogP contribution in [0.4, 0.5) is 0 Å². The van der Waals surface area contributed by atoms with Crippen LogP contribution in [0.25, 0.3) is 10.9 Å². The molecule has 1 aromatic carbocycles. The molecule has 6 heteroatoms. The molecular weight excluding hydrogens is 320 g/mol. The van der Waals surface area contributed by atoms with Gasteiger partial charge in [0.25, 0.3) is 5.91 Å². The molecule has 3 N–H and O–H groups in total. The van der Waals surface area contributed by atoms with E-state index in [1.807, 2.05) is 12.3 Å². The van der Waals surface area contributed by atoms with Crippen LogP contribution >= 0.6 is 0 Å². The van der Waals surface area contributed by atoms with Crippen LogP contribution in [0, 0.1) is 13.8 Å². The van der Waals surface area contributed by atoms with E-state index < -0.39 is 5.97 Å². The number of aliphatic carboxylic acids is 1. The molecule has 2 heterocycles. The average molecular weight is 340 g/mol. The molecule has 0 saturated heterocycles. The Labute approximate surface area is 144 Å². The van der Waals surface area contributed by atoms with Crippen LogP contribution in [0.3, 0.4) is 0 Å². The highest BCUT2D eigenvalue weighted by Crippen LogP contribution is 2.21. The smallest absolute Gasteiger partial charge is 0.311 e. The Morgan fingerprint density at radius 2 is 2.04 bits per heavy atom. The minimum atomic E-state index is -1.03. The van der Waals surface area contributed by atoms with Gasteiger partial charge in [-0.15, -0.1) is 0 Å². The number of furan rings is 1. The largest absolute Gasteiger partial charge is 0.481 e. The van der Waals surface area contributed by atoms with Gasteiger partial charge in [0.1, 0.15) is 12.2 Å². The molecule has 2 aromatic heterocycles. The van der Waals surface area contributed by atoms with Gasteiger partial charge in [-0.1, -0.05) is 18.2 Å². The highest BCUT2D eigenvalue weighted by Gasteiger charge is 2.20. The van der Waals surface area contributed by atoms with Crippen molar-refractivity contribution < 1.29 is 19.1 Å². The van der Waals surface area contributed by atoms with Crippen molar-refractivity contribution in [2.45, 2.75) is 26.7 Å². The fraction of sp³-hybridized carbons (Fsp3) is 0.263. The van der Waals surface area contributed by atoms with E-state index in [9.17, 15) is 9.59 Å². The number of carbonyl (C=O) groups is 2. The number of carboxylic acid groups (broad SMARTS) is 1. The number of benzene rings is 1. The molecule has 0 unspecified atom stereocenters. The summed E-state index contributed by atoms with van der Waals surface area (Å²) in [5, 5.41) is 12.9. The number of rotatable bonds is 6. The zero-order chi connectivity index (χ0) is 18.0. The number of aromatic amines is 1. The molecular formula is C19H20N2O4. The third kappa shape index (κ3) is 3.42. The standard InChI is InChI=1S/C19H20N2O4/c1-11-4-3-5-14-13(9-21-18(11)14)6-7-20-19(24)17-12(2)10-25-15(17)8-16(22)23/h3-5,9-10,21H,6-8H2,1-2H3,(H,20,24)(H,22,23). The van der Waals surface area contributed by atoms with Crippen molar-refractivity contribution in [3.05, 3.63) is 58.7 Å². The summed E-state index contributed by atoms with van der Waals surface area (Å²) in [6, 6.07) is 6.12. The fourth-order valence-electron chi connectivity index (χ4n) is 3.04. The van der Waals surface area contributed by atoms with E-state index in [1.54, 1.807) is 6.92 Å². The van der Waals surface area contributed by atoms with Crippen LogP contribution < -0.4 is 5.32 Å². The predicted molar refractivity (Wildman–Crippen MR) is 93.9 cm³/mol. The van der Waals surface area contributed by atoms with Gasteiger partial charge in [-0.05, 0) is 31.4 Å². The molecule has 0 saturated carbocycles. The lowest BCUT2D eigenvalue weighted by atomic mass is 10.1. The number of aryl methyl sites for hydroxylation is 2. The summed E-state index contributed by atoms with van der Waals surface area (Å²) in [7, 11) is 0. The van der Waals surface area contributed by atoms with Crippen molar-refractivity contribution in [2.75, 3.05) is 6.54 Å². The monoisotopic (exact) mass is 340 g/mol. The minimum absolute atomic E-state index is 0.185. The van der Waals surface area contributed by atoms with Crippen LogP contribution in [0.2, 0.25) is 0 Å². The number of hydrogen-bond acceptors (Lipinski definition) is 3. The van der Waals surface area contributed by atoms with Crippen LogP contribution in [0.15, 0.2) is 35.1 Å². The fourth-order valence-corrected chi connectivity index (χ4v) is 3.04. The number of aromatic nitrogens is 1. The van der Waals surface area contributed by atoms with Crippen LogP contribution in [0.5, 0.6) is 0 Å². The summed E-state index contributed by atoms with van der Waals surface area (Å²) >= 11 is 0. The lowest BCUT2D eigenvalue weighted by molar-refractivity contribution is -0.136. The zero-order valence-electron chi connectivity index (χ0n) is 14.2. The Hall–Kier alpha value is -3.02. The molecule has 0 atom stereocenters. The highest BCUT2D eigenvalue weighted by atomic mass is 16.4. The second-order valence-electron chi connectivity index (χ2n) is 6.10. The number of carboxylic acids is 1. The van der Waals surface area contributed by atoms with Crippen molar-refractivity contribution in [3.63, 3.8) is 0 Å². The molecule has 0 fully saturated rings. The Balaban J connectivity index is 1.68. The van der Waals surface area contributed by atoms with E-state index in [2.05, 4.69) is 29.4 Å². The number of hydrogen-bond donors (Lipinski definition) is 3. The Kier molecular flexibility index (Phi) is 4.61. The molecule has 0 aliphatic heterocycles. The van der Waals surface area contributed by atoms with Gasteiger partial charge in [0.2, 0.25) is 0 Å². The normalized spacial score (nSPS) is 11.0. The Bertz CT molecular complexity index is 936. The molecule has 0 aliphatic carbocycles. The van der Waals surface area contributed by atoms with E-state index in [0.717, 1.165) is 16.5 Å². The molecule has 1 amide bonds. The molecule has 130 valence electrons. The first-order valence-corrected chi connectivity index (χ1v) is 8.10. The van der Waals surface area contributed by atoms with Crippen molar-refractivity contribution in [1.29, 1.82) is 0 Å². The molecule has 0 spiro atoms. The van der Waals surface area contributed by atoms with Gasteiger partial charge < -0.3 is 19.8 Å². The molecule has 6 nitrogen and oxygen atoms in total. The number of fused-ring (bicyclic) bond motifs is 1. The second-order valence-corrected chi connectivity index (χ2v) is 6.10. The van der Waals surface area contributed by atoms with Crippen LogP contribution in [0.1, 0.15) is 32.8 Å². The predicted octanol–water partition coefficient (Wildman–Crippen LogP) is 2.98. The van der Waals surface area contributed by atoms with E-state index >= 15 is 0 Å². The average Bonchev–Trinajstić information content (AvgIpc) is 3.12. The second kappa shape index (κ2) is 6.84. The number of para-hydroxylation sites is 1. The first-order valence-electron chi connectivity index (χ1n) is 8.10. The van der Waals surface area contributed by atoms with Crippen LogP contribution in [-0.2, 0) is 17.6 Å². The lowest BCUT2D eigenvalue weighted by Crippen LogP contribution is -2.27. The van der Waals surface area contributed by atoms with E-state index in [-0.39, 0.29) is 18.1 Å². The summed E-state index contributed by atoms with van der Waals surface area (Å²) in [4.78, 5) is 26.6. The number of carbonyl (C=O) groups excluding carboxylic acids is 1. The first kappa shape index (κ1) is 16.8. The van der Waals surface area contributed by atoms with Crippen molar-refractivity contribution in [2.24, 2.45) is 0 Å². The maximum Gasteiger partial charge on any atom is 0.311 e. The Morgan fingerprint density at radius 3 is 2.80 bits per heavy atom. The van der Waals surface area contributed by atoms with Gasteiger partial charge in [-0.25, -0.2) is 0 Å². The molecule has 25 heavy (non-hydrogen) atoms. The Morgan fingerprint density at radius 1 is 1.24 bits per heavy atom. The highest BCUT2D eigenvalue weighted by molar-refractivity contribution is 5.97. The summed E-state index contributed by atoms with van der Waals surface area (Å²) in [5.74, 6) is -1.15. The molecule has 0 bridgehead atoms. The van der Waals surface area contributed by atoms with Gasteiger partial charge in [0.15, 0.2) is 0 Å².